The van der Waals surface area contributed by atoms with Gasteiger partial charge in [0.25, 0.3) is 0 Å². The van der Waals surface area contributed by atoms with E-state index in [4.69, 9.17) is 0 Å². The summed E-state index contributed by atoms with van der Waals surface area (Å²) >= 11 is 0. The Hall–Kier alpha value is -1.06. The monoisotopic (exact) mass is 294 g/mol. The van der Waals surface area contributed by atoms with Crippen molar-refractivity contribution in [2.75, 3.05) is 26.2 Å². The number of hydrogen-bond acceptors (Lipinski definition) is 2. The van der Waals surface area contributed by atoms with Crippen molar-refractivity contribution >= 4 is 11.8 Å². The van der Waals surface area contributed by atoms with Crippen molar-refractivity contribution < 1.29 is 9.59 Å². The lowest BCUT2D eigenvalue weighted by Gasteiger charge is -2.40. The maximum atomic E-state index is 12.8. The summed E-state index contributed by atoms with van der Waals surface area (Å²) < 4.78 is 0. The molecule has 0 N–H and O–H groups in total. The minimum atomic E-state index is 0.0129. The predicted molar refractivity (Wildman–Crippen MR) is 83.7 cm³/mol. The first-order valence-corrected chi connectivity index (χ1v) is 8.46. The third-order valence-electron chi connectivity index (χ3n) is 4.76. The Morgan fingerprint density at radius 2 is 1.62 bits per heavy atom. The fraction of sp³-hybridized carbons (Fsp3) is 0.882. The van der Waals surface area contributed by atoms with Gasteiger partial charge in [-0.25, -0.2) is 0 Å². The molecule has 0 radical (unpaired) electrons. The van der Waals surface area contributed by atoms with E-state index in [1.165, 1.54) is 6.42 Å². The molecule has 2 aliphatic rings. The number of rotatable bonds is 2. The molecule has 0 unspecified atom stereocenters. The summed E-state index contributed by atoms with van der Waals surface area (Å²) in [6, 6.07) is 0. The molecule has 0 aromatic carbocycles. The zero-order valence-corrected chi connectivity index (χ0v) is 14.0. The Morgan fingerprint density at radius 3 is 2.19 bits per heavy atom. The molecule has 2 aliphatic heterocycles. The average molecular weight is 294 g/mol. The van der Waals surface area contributed by atoms with Crippen LogP contribution in [0.4, 0.5) is 0 Å². The minimum absolute atomic E-state index is 0.0129. The summed E-state index contributed by atoms with van der Waals surface area (Å²) in [4.78, 5) is 28.9. The summed E-state index contributed by atoms with van der Waals surface area (Å²) in [5.41, 5.74) is 0. The molecule has 21 heavy (non-hydrogen) atoms. The fourth-order valence-corrected chi connectivity index (χ4v) is 3.85. The zero-order valence-electron chi connectivity index (χ0n) is 14.0. The maximum Gasteiger partial charge on any atom is 0.227 e. The van der Waals surface area contributed by atoms with E-state index in [1.54, 1.807) is 0 Å². The first-order chi connectivity index (χ1) is 9.88. The molecule has 120 valence electrons. The number of carbonyl (C=O) groups is 2. The topological polar surface area (TPSA) is 40.6 Å². The van der Waals surface area contributed by atoms with Gasteiger partial charge in [-0.1, -0.05) is 27.7 Å². The molecule has 2 amide bonds. The molecule has 2 heterocycles. The molecule has 0 aliphatic carbocycles. The average Bonchev–Trinajstić information content (AvgIpc) is 2.44. The van der Waals surface area contributed by atoms with Crippen LogP contribution in [0.1, 0.15) is 47.0 Å². The van der Waals surface area contributed by atoms with Crippen LogP contribution in [0.5, 0.6) is 0 Å². The molecule has 4 nitrogen and oxygen atoms in total. The third kappa shape index (κ3) is 3.98. The van der Waals surface area contributed by atoms with Gasteiger partial charge in [-0.2, -0.15) is 0 Å². The molecule has 0 spiro atoms. The van der Waals surface area contributed by atoms with Gasteiger partial charge >= 0.3 is 0 Å². The van der Waals surface area contributed by atoms with Crippen LogP contribution in [0.15, 0.2) is 0 Å². The van der Waals surface area contributed by atoms with Crippen LogP contribution in [-0.2, 0) is 9.59 Å². The minimum Gasteiger partial charge on any atom is -0.342 e. The molecule has 3 atom stereocenters. The molecular weight excluding hydrogens is 264 g/mol. The smallest absolute Gasteiger partial charge is 0.227 e. The largest absolute Gasteiger partial charge is 0.342 e. The van der Waals surface area contributed by atoms with E-state index >= 15 is 0 Å². The van der Waals surface area contributed by atoms with Gasteiger partial charge in [0.05, 0.1) is 5.92 Å². The molecule has 2 saturated heterocycles. The van der Waals surface area contributed by atoms with Crippen LogP contribution >= 0.6 is 0 Å². The second-order valence-corrected chi connectivity index (χ2v) is 7.47. The highest BCUT2D eigenvalue weighted by molar-refractivity contribution is 5.82. The lowest BCUT2D eigenvalue weighted by molar-refractivity contribution is -0.144. The van der Waals surface area contributed by atoms with Crippen LogP contribution in [0.3, 0.4) is 0 Å². The summed E-state index contributed by atoms with van der Waals surface area (Å²) in [6.07, 6.45) is 3.10. The van der Waals surface area contributed by atoms with E-state index in [0.717, 1.165) is 32.5 Å². The van der Waals surface area contributed by atoms with E-state index in [2.05, 4.69) is 13.8 Å². The van der Waals surface area contributed by atoms with Gasteiger partial charge in [0.1, 0.15) is 0 Å². The van der Waals surface area contributed by atoms with Crippen molar-refractivity contribution in [3.8, 4) is 0 Å². The Labute approximate surface area is 128 Å². The summed E-state index contributed by atoms with van der Waals surface area (Å²) in [5.74, 6) is 1.68. The van der Waals surface area contributed by atoms with Crippen molar-refractivity contribution in [3.05, 3.63) is 0 Å². The molecule has 2 fully saturated rings. The van der Waals surface area contributed by atoms with Crippen molar-refractivity contribution in [1.29, 1.82) is 0 Å². The number of amides is 2. The molecular formula is C17H30N2O2. The molecule has 0 bridgehead atoms. The van der Waals surface area contributed by atoms with Gasteiger partial charge in [0, 0.05) is 32.1 Å². The molecule has 2 rings (SSSR count). The van der Waals surface area contributed by atoms with Crippen molar-refractivity contribution in [3.63, 3.8) is 0 Å². The maximum absolute atomic E-state index is 12.8. The number of likely N-dealkylation sites (tertiary alicyclic amines) is 2. The van der Waals surface area contributed by atoms with E-state index in [1.807, 2.05) is 23.6 Å². The quantitative estimate of drug-likeness (QED) is 0.784. The van der Waals surface area contributed by atoms with E-state index in [9.17, 15) is 9.59 Å². The van der Waals surface area contributed by atoms with Gasteiger partial charge in [-0.3, -0.25) is 9.59 Å². The Balaban J connectivity index is 1.97. The Kier molecular flexibility index (Phi) is 5.28. The normalized spacial score (nSPS) is 30.6. The second-order valence-electron chi connectivity index (χ2n) is 7.47. The Bertz CT molecular complexity index is 384. The van der Waals surface area contributed by atoms with Gasteiger partial charge in [-0.05, 0) is 31.1 Å². The highest BCUT2D eigenvalue weighted by Gasteiger charge is 2.34. The zero-order chi connectivity index (χ0) is 15.6. The summed E-state index contributed by atoms with van der Waals surface area (Å²) in [5, 5.41) is 0. The van der Waals surface area contributed by atoms with Crippen molar-refractivity contribution in [1.82, 2.24) is 9.80 Å². The second kappa shape index (κ2) is 6.80. The standard InChI is InChI=1S/C17H30N2O2/c1-12(2)16(20)18-7-5-6-15(11-18)17(21)19-9-13(3)8-14(4)10-19/h12-15H,5-11H2,1-4H3/t13-,14+,15-/m1/s1. The third-order valence-corrected chi connectivity index (χ3v) is 4.76. The first kappa shape index (κ1) is 16.3. The highest BCUT2D eigenvalue weighted by Crippen LogP contribution is 2.26. The lowest BCUT2D eigenvalue weighted by atomic mass is 9.89. The summed E-state index contributed by atoms with van der Waals surface area (Å²) in [7, 11) is 0. The highest BCUT2D eigenvalue weighted by atomic mass is 16.2. The fourth-order valence-electron chi connectivity index (χ4n) is 3.85. The first-order valence-electron chi connectivity index (χ1n) is 8.46. The molecule has 0 aromatic rings. The van der Waals surface area contributed by atoms with E-state index in [0.29, 0.717) is 18.4 Å². The van der Waals surface area contributed by atoms with E-state index in [-0.39, 0.29) is 23.7 Å². The Morgan fingerprint density at radius 1 is 1.00 bits per heavy atom. The van der Waals surface area contributed by atoms with Crippen LogP contribution in [0.2, 0.25) is 0 Å². The lowest BCUT2D eigenvalue weighted by Crippen LogP contribution is -2.50. The van der Waals surface area contributed by atoms with Gasteiger partial charge in [0.2, 0.25) is 11.8 Å². The summed E-state index contributed by atoms with van der Waals surface area (Å²) in [6.45, 7) is 11.5. The SMILES string of the molecule is CC(C)C(=O)N1CCC[C@@H](C(=O)N2C[C@H](C)C[C@H](C)C2)C1. The van der Waals surface area contributed by atoms with Crippen molar-refractivity contribution in [2.24, 2.45) is 23.7 Å². The molecule has 0 aromatic heterocycles. The van der Waals surface area contributed by atoms with Gasteiger partial charge < -0.3 is 9.80 Å². The van der Waals surface area contributed by atoms with Crippen molar-refractivity contribution in [2.45, 2.75) is 47.0 Å². The predicted octanol–water partition coefficient (Wildman–Crippen LogP) is 2.39. The van der Waals surface area contributed by atoms with E-state index < -0.39 is 0 Å². The number of hydrogen-bond donors (Lipinski definition) is 0. The van der Waals surface area contributed by atoms with Crippen LogP contribution in [-0.4, -0.2) is 47.8 Å². The molecule has 0 saturated carbocycles. The number of piperidine rings is 2. The van der Waals surface area contributed by atoms with Gasteiger partial charge in [-0.15, -0.1) is 0 Å². The number of nitrogens with zero attached hydrogens (tertiary/aromatic N) is 2. The van der Waals surface area contributed by atoms with Crippen LogP contribution in [0.25, 0.3) is 0 Å². The number of carbonyl (C=O) groups excluding carboxylic acids is 2. The van der Waals surface area contributed by atoms with Crippen LogP contribution < -0.4 is 0 Å². The van der Waals surface area contributed by atoms with Crippen LogP contribution in [0, 0.1) is 23.7 Å². The van der Waals surface area contributed by atoms with Gasteiger partial charge in [0.15, 0.2) is 0 Å². The molecule has 4 heteroatoms.